The van der Waals surface area contributed by atoms with Crippen LogP contribution in [-0.4, -0.2) is 19.4 Å². The molecular weight excluding hydrogens is 205 g/mol. The fourth-order valence-corrected chi connectivity index (χ4v) is 1.37. The van der Waals surface area contributed by atoms with Gasteiger partial charge in [-0.25, -0.2) is 4.39 Å². The van der Waals surface area contributed by atoms with Crippen LogP contribution >= 0.6 is 11.6 Å². The van der Waals surface area contributed by atoms with Gasteiger partial charge in [0.05, 0.1) is 11.6 Å². The van der Waals surface area contributed by atoms with Crippen LogP contribution in [0.5, 0.6) is 0 Å². The van der Waals surface area contributed by atoms with Crippen molar-refractivity contribution >= 4 is 17.4 Å². The van der Waals surface area contributed by atoms with E-state index in [9.17, 15) is 9.18 Å². The number of hydrogen-bond donors (Lipinski definition) is 1. The summed E-state index contributed by atoms with van der Waals surface area (Å²) in [7, 11) is 1.68. The number of likely N-dealkylation sites (N-methyl/N-ethyl adjacent to an activating group) is 1. The van der Waals surface area contributed by atoms with E-state index in [-0.39, 0.29) is 17.4 Å². The van der Waals surface area contributed by atoms with Crippen molar-refractivity contribution in [3.8, 4) is 0 Å². The predicted molar refractivity (Wildman–Crippen MR) is 54.4 cm³/mol. The van der Waals surface area contributed by atoms with Crippen molar-refractivity contribution in [3.05, 3.63) is 34.1 Å². The van der Waals surface area contributed by atoms with Gasteiger partial charge in [-0.05, 0) is 31.7 Å². The van der Waals surface area contributed by atoms with Crippen molar-refractivity contribution in [1.29, 1.82) is 0 Å². The Morgan fingerprint density at radius 2 is 2.21 bits per heavy atom. The molecule has 0 fully saturated rings. The monoisotopic (exact) mass is 215 g/mol. The van der Waals surface area contributed by atoms with Gasteiger partial charge in [-0.2, -0.15) is 0 Å². The molecule has 0 saturated carbocycles. The van der Waals surface area contributed by atoms with E-state index in [4.69, 9.17) is 11.6 Å². The Balaban J connectivity index is 3.11. The molecule has 0 unspecified atom stereocenters. The Morgan fingerprint density at radius 3 is 2.79 bits per heavy atom. The predicted octanol–water partition coefficient (Wildman–Crippen LogP) is 2.19. The number of ketones is 1. The second-order valence-corrected chi connectivity index (χ2v) is 3.37. The number of hydrogen-bond acceptors (Lipinski definition) is 2. The molecule has 76 valence electrons. The Kier molecular flexibility index (Phi) is 3.61. The second kappa shape index (κ2) is 4.53. The van der Waals surface area contributed by atoms with E-state index in [1.807, 2.05) is 0 Å². The first-order valence-electron chi connectivity index (χ1n) is 4.20. The van der Waals surface area contributed by atoms with Crippen LogP contribution < -0.4 is 5.32 Å². The summed E-state index contributed by atoms with van der Waals surface area (Å²) in [6, 6.07) is 2.66. The number of nitrogens with one attached hydrogen (secondary N) is 1. The largest absolute Gasteiger partial charge is 0.313 e. The highest BCUT2D eigenvalue weighted by molar-refractivity contribution is 6.32. The summed E-state index contributed by atoms with van der Waals surface area (Å²) in [6.45, 7) is 1.86. The van der Waals surface area contributed by atoms with Crippen molar-refractivity contribution in [1.82, 2.24) is 5.32 Å². The van der Waals surface area contributed by atoms with Crippen LogP contribution in [0.2, 0.25) is 5.02 Å². The maximum Gasteiger partial charge on any atom is 0.176 e. The fraction of sp³-hybridized carbons (Fsp3) is 0.300. The average molecular weight is 216 g/mol. The van der Waals surface area contributed by atoms with Gasteiger partial charge >= 0.3 is 0 Å². The number of Topliss-reactive ketones (excluding diaryl/α,β-unsaturated/α-hetero) is 1. The van der Waals surface area contributed by atoms with Crippen LogP contribution in [0.25, 0.3) is 0 Å². The number of benzene rings is 1. The average Bonchev–Trinajstić information content (AvgIpc) is 2.15. The summed E-state index contributed by atoms with van der Waals surface area (Å²) >= 11 is 5.68. The smallest absolute Gasteiger partial charge is 0.176 e. The third-order valence-electron chi connectivity index (χ3n) is 1.98. The topological polar surface area (TPSA) is 29.1 Å². The van der Waals surface area contributed by atoms with Gasteiger partial charge in [0, 0.05) is 5.56 Å². The molecule has 4 heteroatoms. The molecule has 0 atom stereocenters. The molecule has 1 aromatic rings. The molecule has 0 aliphatic rings. The highest BCUT2D eigenvalue weighted by atomic mass is 35.5. The molecule has 0 heterocycles. The summed E-state index contributed by atoms with van der Waals surface area (Å²) in [5, 5.41) is 2.76. The van der Waals surface area contributed by atoms with E-state index >= 15 is 0 Å². The SMILES string of the molecule is CNCC(=O)c1ccc(F)c(Cl)c1C. The van der Waals surface area contributed by atoms with Crippen molar-refractivity contribution in [2.45, 2.75) is 6.92 Å². The molecule has 1 rings (SSSR count). The Hall–Kier alpha value is -0.930. The van der Waals surface area contributed by atoms with Crippen molar-refractivity contribution < 1.29 is 9.18 Å². The van der Waals surface area contributed by atoms with E-state index < -0.39 is 5.82 Å². The molecule has 1 N–H and O–H groups in total. The van der Waals surface area contributed by atoms with Gasteiger partial charge in [-0.3, -0.25) is 4.79 Å². The van der Waals surface area contributed by atoms with Crippen LogP contribution in [0.1, 0.15) is 15.9 Å². The first kappa shape index (κ1) is 11.1. The van der Waals surface area contributed by atoms with Gasteiger partial charge in [0.2, 0.25) is 0 Å². The van der Waals surface area contributed by atoms with Crippen molar-refractivity contribution in [2.24, 2.45) is 0 Å². The minimum absolute atomic E-state index is 0.0203. The lowest BCUT2D eigenvalue weighted by Gasteiger charge is -2.06. The molecule has 0 aliphatic carbocycles. The lowest BCUT2D eigenvalue weighted by Crippen LogP contribution is -2.19. The second-order valence-electron chi connectivity index (χ2n) is 2.99. The van der Waals surface area contributed by atoms with E-state index in [0.29, 0.717) is 11.1 Å². The number of carbonyl (C=O) groups excluding carboxylic acids is 1. The minimum Gasteiger partial charge on any atom is -0.313 e. The molecular formula is C10H11ClFNO. The molecule has 0 spiro atoms. The van der Waals surface area contributed by atoms with Crippen LogP contribution in [-0.2, 0) is 0 Å². The molecule has 1 aromatic carbocycles. The van der Waals surface area contributed by atoms with E-state index in [1.165, 1.54) is 12.1 Å². The van der Waals surface area contributed by atoms with Crippen LogP contribution in [0, 0.1) is 12.7 Å². The zero-order valence-electron chi connectivity index (χ0n) is 8.03. The first-order valence-corrected chi connectivity index (χ1v) is 4.58. The standard InChI is InChI=1S/C10H11ClFNO/c1-6-7(9(14)5-13-2)3-4-8(12)10(6)11/h3-4,13H,5H2,1-2H3. The summed E-state index contributed by atoms with van der Waals surface area (Å²) in [6.07, 6.45) is 0. The molecule has 14 heavy (non-hydrogen) atoms. The van der Waals surface area contributed by atoms with Crippen LogP contribution in [0.3, 0.4) is 0 Å². The van der Waals surface area contributed by atoms with Gasteiger partial charge in [0.1, 0.15) is 5.82 Å². The molecule has 0 amide bonds. The maximum absolute atomic E-state index is 12.9. The van der Waals surface area contributed by atoms with Gasteiger partial charge in [0.15, 0.2) is 5.78 Å². The zero-order chi connectivity index (χ0) is 10.7. The molecule has 0 radical (unpaired) electrons. The van der Waals surface area contributed by atoms with Gasteiger partial charge < -0.3 is 5.32 Å². The molecule has 0 bridgehead atoms. The fourth-order valence-electron chi connectivity index (χ4n) is 1.21. The number of halogens is 2. The van der Waals surface area contributed by atoms with Crippen molar-refractivity contribution in [2.75, 3.05) is 13.6 Å². The number of rotatable bonds is 3. The lowest BCUT2D eigenvalue weighted by molar-refractivity contribution is 0.0993. The van der Waals surface area contributed by atoms with E-state index in [0.717, 1.165) is 0 Å². The molecule has 0 aliphatic heterocycles. The van der Waals surface area contributed by atoms with Gasteiger partial charge in [0.25, 0.3) is 0 Å². The minimum atomic E-state index is -0.495. The van der Waals surface area contributed by atoms with Gasteiger partial charge in [-0.1, -0.05) is 11.6 Å². The Bertz CT molecular complexity index is 365. The Labute approximate surface area is 87.1 Å². The summed E-state index contributed by atoms with van der Waals surface area (Å²) in [5.41, 5.74) is 0.956. The zero-order valence-corrected chi connectivity index (χ0v) is 8.78. The lowest BCUT2D eigenvalue weighted by atomic mass is 10.0. The summed E-state index contributed by atoms with van der Waals surface area (Å²) in [5.74, 6) is -0.586. The highest BCUT2D eigenvalue weighted by Crippen LogP contribution is 2.22. The third kappa shape index (κ3) is 2.11. The van der Waals surface area contributed by atoms with E-state index in [1.54, 1.807) is 14.0 Å². The van der Waals surface area contributed by atoms with Crippen LogP contribution in [0.15, 0.2) is 12.1 Å². The molecule has 0 saturated heterocycles. The molecule has 2 nitrogen and oxygen atoms in total. The number of carbonyl (C=O) groups is 1. The Morgan fingerprint density at radius 1 is 1.57 bits per heavy atom. The summed E-state index contributed by atoms with van der Waals surface area (Å²) < 4.78 is 12.9. The normalized spacial score (nSPS) is 10.3. The third-order valence-corrected chi connectivity index (χ3v) is 2.44. The highest BCUT2D eigenvalue weighted by Gasteiger charge is 2.12. The van der Waals surface area contributed by atoms with Crippen molar-refractivity contribution in [3.63, 3.8) is 0 Å². The quantitative estimate of drug-likeness (QED) is 0.784. The molecule has 0 aromatic heterocycles. The first-order chi connectivity index (χ1) is 6.57. The van der Waals surface area contributed by atoms with E-state index in [2.05, 4.69) is 5.32 Å². The van der Waals surface area contributed by atoms with Gasteiger partial charge in [-0.15, -0.1) is 0 Å². The summed E-state index contributed by atoms with van der Waals surface area (Å²) in [4.78, 5) is 11.5. The van der Waals surface area contributed by atoms with Crippen LogP contribution in [0.4, 0.5) is 4.39 Å². The maximum atomic E-state index is 12.9.